The van der Waals surface area contributed by atoms with Gasteiger partial charge in [0.15, 0.2) is 0 Å². The topological polar surface area (TPSA) is 154 Å². The monoisotopic (exact) mass is 521 g/mol. The van der Waals surface area contributed by atoms with Crippen LogP contribution in [0.25, 0.3) is 0 Å². The third-order valence-electron chi connectivity index (χ3n) is 5.90. The Morgan fingerprint density at radius 3 is 2.03 bits per heavy atom. The van der Waals surface area contributed by atoms with E-state index in [0.29, 0.717) is 6.42 Å². The first-order valence-electron chi connectivity index (χ1n) is 12.7. The summed E-state index contributed by atoms with van der Waals surface area (Å²) in [7, 11) is 0. The van der Waals surface area contributed by atoms with E-state index in [-0.39, 0.29) is 24.7 Å². The van der Waals surface area contributed by atoms with Gasteiger partial charge in [0.1, 0.15) is 17.7 Å². The number of hydrogen-bond donors (Lipinski definition) is 5. The standard InChI is InChI=1S/C27H43N3O7/c1-8-17(4)23(24(33)30-22(16(2)3)25(34)35)29-21(32)15-20(31)19(14-18-12-10-9-11-13-18)28-26(36)37-27(5,6)7/h9-13,16-17,19-20,22-23,31H,8,14-15H2,1-7H3,(H,28,36)(H,29,32)(H,30,33)(H,34,35)/t17-,19-,20-,22?,23-/m0/s1. The van der Waals surface area contributed by atoms with Crippen molar-refractivity contribution >= 4 is 23.9 Å². The molecule has 5 atom stereocenters. The van der Waals surface area contributed by atoms with Crippen LogP contribution in [0.15, 0.2) is 30.3 Å². The van der Waals surface area contributed by atoms with Gasteiger partial charge in [-0.1, -0.05) is 64.4 Å². The van der Waals surface area contributed by atoms with E-state index in [2.05, 4.69) is 16.0 Å². The fraction of sp³-hybridized carbons (Fsp3) is 0.630. The van der Waals surface area contributed by atoms with Crippen molar-refractivity contribution in [1.82, 2.24) is 16.0 Å². The van der Waals surface area contributed by atoms with Crippen LogP contribution in [0.5, 0.6) is 0 Å². The van der Waals surface area contributed by atoms with E-state index in [1.807, 2.05) is 37.3 Å². The van der Waals surface area contributed by atoms with Gasteiger partial charge in [-0.3, -0.25) is 9.59 Å². The molecular weight excluding hydrogens is 478 g/mol. The van der Waals surface area contributed by atoms with E-state index in [0.717, 1.165) is 5.56 Å². The zero-order valence-electron chi connectivity index (χ0n) is 22.9. The number of amides is 3. The van der Waals surface area contributed by atoms with Crippen LogP contribution in [0.3, 0.4) is 0 Å². The predicted molar refractivity (Wildman–Crippen MR) is 140 cm³/mol. The van der Waals surface area contributed by atoms with Crippen LogP contribution in [-0.4, -0.2) is 63.9 Å². The summed E-state index contributed by atoms with van der Waals surface area (Å²) in [4.78, 5) is 49.8. The lowest BCUT2D eigenvalue weighted by Crippen LogP contribution is -2.56. The number of ether oxygens (including phenoxy) is 1. The second-order valence-electron chi connectivity index (χ2n) is 10.7. The van der Waals surface area contributed by atoms with Crippen LogP contribution in [-0.2, 0) is 25.5 Å². The van der Waals surface area contributed by atoms with Gasteiger partial charge >= 0.3 is 12.1 Å². The van der Waals surface area contributed by atoms with E-state index in [4.69, 9.17) is 4.74 Å². The Labute approximate surface area is 219 Å². The molecule has 0 heterocycles. The molecule has 5 N–H and O–H groups in total. The maximum Gasteiger partial charge on any atom is 0.407 e. The summed E-state index contributed by atoms with van der Waals surface area (Å²) in [5, 5.41) is 28.1. The summed E-state index contributed by atoms with van der Waals surface area (Å²) < 4.78 is 5.32. The second-order valence-corrected chi connectivity index (χ2v) is 10.7. The van der Waals surface area contributed by atoms with E-state index < -0.39 is 53.7 Å². The zero-order chi connectivity index (χ0) is 28.3. The fourth-order valence-electron chi connectivity index (χ4n) is 3.63. The van der Waals surface area contributed by atoms with Gasteiger partial charge in [-0.25, -0.2) is 9.59 Å². The average molecular weight is 522 g/mol. The molecule has 0 aromatic heterocycles. The molecule has 1 aromatic carbocycles. The number of aliphatic hydroxyl groups excluding tert-OH is 1. The van der Waals surface area contributed by atoms with Crippen molar-refractivity contribution in [2.75, 3.05) is 0 Å². The molecule has 10 heteroatoms. The third kappa shape index (κ3) is 11.6. The number of hydrogen-bond acceptors (Lipinski definition) is 6. The van der Waals surface area contributed by atoms with Crippen molar-refractivity contribution in [3.63, 3.8) is 0 Å². The van der Waals surface area contributed by atoms with Crippen molar-refractivity contribution in [3.8, 4) is 0 Å². The zero-order valence-corrected chi connectivity index (χ0v) is 22.9. The smallest absolute Gasteiger partial charge is 0.407 e. The maximum atomic E-state index is 12.9. The molecule has 3 amide bonds. The van der Waals surface area contributed by atoms with Crippen molar-refractivity contribution in [1.29, 1.82) is 0 Å². The van der Waals surface area contributed by atoms with Gasteiger partial charge in [-0.05, 0) is 44.6 Å². The summed E-state index contributed by atoms with van der Waals surface area (Å²) in [5.41, 5.74) is 0.0953. The fourth-order valence-corrected chi connectivity index (χ4v) is 3.63. The number of carboxylic acid groups (broad SMARTS) is 1. The molecular formula is C27H43N3O7. The van der Waals surface area contributed by atoms with Gasteiger partial charge in [0, 0.05) is 0 Å². The molecule has 0 fully saturated rings. The minimum absolute atomic E-state index is 0.248. The van der Waals surface area contributed by atoms with Crippen LogP contribution < -0.4 is 16.0 Å². The quantitative estimate of drug-likeness (QED) is 0.267. The van der Waals surface area contributed by atoms with Crippen LogP contribution in [0.4, 0.5) is 4.79 Å². The number of aliphatic carboxylic acids is 1. The van der Waals surface area contributed by atoms with Gasteiger partial charge in [-0.15, -0.1) is 0 Å². The molecule has 208 valence electrons. The second kappa shape index (κ2) is 14.6. The molecule has 0 aliphatic heterocycles. The Morgan fingerprint density at radius 1 is 0.946 bits per heavy atom. The highest BCUT2D eigenvalue weighted by atomic mass is 16.6. The Bertz CT molecular complexity index is 899. The number of carboxylic acids is 1. The molecule has 0 saturated heterocycles. The van der Waals surface area contributed by atoms with E-state index in [9.17, 15) is 29.4 Å². The molecule has 0 bridgehead atoms. The molecule has 0 radical (unpaired) electrons. The van der Waals surface area contributed by atoms with E-state index >= 15 is 0 Å². The average Bonchev–Trinajstić information content (AvgIpc) is 2.78. The number of carbonyl (C=O) groups is 4. The lowest BCUT2D eigenvalue weighted by Gasteiger charge is -2.29. The number of alkyl carbamates (subject to hydrolysis) is 1. The highest BCUT2D eigenvalue weighted by Crippen LogP contribution is 2.14. The highest BCUT2D eigenvalue weighted by Gasteiger charge is 2.33. The summed E-state index contributed by atoms with van der Waals surface area (Å²) in [6.07, 6.45) is -1.59. The van der Waals surface area contributed by atoms with Crippen molar-refractivity contribution in [2.24, 2.45) is 11.8 Å². The van der Waals surface area contributed by atoms with Gasteiger partial charge in [-0.2, -0.15) is 0 Å². The maximum absolute atomic E-state index is 12.9. The summed E-state index contributed by atoms with van der Waals surface area (Å²) in [6.45, 7) is 12.1. The third-order valence-corrected chi connectivity index (χ3v) is 5.90. The molecule has 0 saturated carbocycles. The molecule has 1 aromatic rings. The first-order chi connectivity index (χ1) is 17.1. The van der Waals surface area contributed by atoms with Crippen LogP contribution in [0.1, 0.15) is 66.9 Å². The summed E-state index contributed by atoms with van der Waals surface area (Å²) in [6, 6.07) is 6.26. The van der Waals surface area contributed by atoms with Crippen molar-refractivity contribution in [3.05, 3.63) is 35.9 Å². The molecule has 0 aliphatic carbocycles. The van der Waals surface area contributed by atoms with E-state index in [1.54, 1.807) is 41.5 Å². The molecule has 0 aliphatic rings. The number of nitrogens with one attached hydrogen (secondary N) is 3. The molecule has 37 heavy (non-hydrogen) atoms. The molecule has 10 nitrogen and oxygen atoms in total. The van der Waals surface area contributed by atoms with Crippen LogP contribution in [0.2, 0.25) is 0 Å². The number of carbonyl (C=O) groups excluding carboxylic acids is 3. The highest BCUT2D eigenvalue weighted by molar-refractivity contribution is 5.90. The largest absolute Gasteiger partial charge is 0.480 e. The lowest BCUT2D eigenvalue weighted by atomic mass is 9.95. The van der Waals surface area contributed by atoms with Crippen molar-refractivity contribution < 1.29 is 34.1 Å². The Kier molecular flexibility index (Phi) is 12.6. The summed E-state index contributed by atoms with van der Waals surface area (Å²) >= 11 is 0. The summed E-state index contributed by atoms with van der Waals surface area (Å²) in [5.74, 6) is -3.01. The normalized spacial score (nSPS) is 15.6. The number of aliphatic hydroxyl groups is 1. The Hall–Kier alpha value is -3.14. The first kappa shape index (κ1) is 31.9. The molecule has 1 rings (SSSR count). The van der Waals surface area contributed by atoms with Gasteiger partial charge in [0.2, 0.25) is 11.8 Å². The molecule has 0 spiro atoms. The van der Waals surface area contributed by atoms with Gasteiger partial charge in [0.25, 0.3) is 0 Å². The Balaban J connectivity index is 2.99. The SMILES string of the molecule is CC[C@H](C)[C@H](NC(=O)C[C@H](O)[C@H](Cc1ccccc1)NC(=O)OC(C)(C)C)C(=O)NC(C(=O)O)C(C)C. The Morgan fingerprint density at radius 2 is 1.54 bits per heavy atom. The molecule has 1 unspecified atom stereocenters. The number of rotatable bonds is 13. The lowest BCUT2D eigenvalue weighted by molar-refractivity contribution is -0.143. The number of benzene rings is 1. The van der Waals surface area contributed by atoms with Gasteiger partial charge < -0.3 is 30.9 Å². The minimum Gasteiger partial charge on any atom is -0.480 e. The van der Waals surface area contributed by atoms with Crippen LogP contribution >= 0.6 is 0 Å². The van der Waals surface area contributed by atoms with E-state index in [1.165, 1.54) is 0 Å². The minimum atomic E-state index is -1.28. The first-order valence-corrected chi connectivity index (χ1v) is 12.7. The van der Waals surface area contributed by atoms with Gasteiger partial charge in [0.05, 0.1) is 18.6 Å². The van der Waals surface area contributed by atoms with Crippen LogP contribution in [0, 0.1) is 11.8 Å². The van der Waals surface area contributed by atoms with Crippen molar-refractivity contribution in [2.45, 2.75) is 97.6 Å². The predicted octanol–water partition coefficient (Wildman–Crippen LogP) is 2.63.